The molecule has 21 heavy (non-hydrogen) atoms. The van der Waals surface area contributed by atoms with Crippen LogP contribution in [0.4, 0.5) is 5.69 Å². The normalized spacial score (nSPS) is 11.4. The highest BCUT2D eigenvalue weighted by atomic mass is 32.2. The molecule has 0 radical (unpaired) electrons. The van der Waals surface area contributed by atoms with Crippen LogP contribution in [0.1, 0.15) is 17.2 Å². The third kappa shape index (κ3) is 3.36. The molecule has 2 rings (SSSR count). The lowest BCUT2D eigenvalue weighted by atomic mass is 10.1. The van der Waals surface area contributed by atoms with E-state index < -0.39 is 12.0 Å². The van der Waals surface area contributed by atoms with E-state index in [2.05, 4.69) is 11.4 Å². The molecule has 0 bridgehead atoms. The van der Waals surface area contributed by atoms with Gasteiger partial charge in [0.15, 0.2) is 6.04 Å². The molecule has 0 aromatic heterocycles. The van der Waals surface area contributed by atoms with Gasteiger partial charge in [-0.1, -0.05) is 36.4 Å². The van der Waals surface area contributed by atoms with Crippen LogP contribution in [0.25, 0.3) is 0 Å². The van der Waals surface area contributed by atoms with Gasteiger partial charge in [0.2, 0.25) is 0 Å². The summed E-state index contributed by atoms with van der Waals surface area (Å²) in [4.78, 5) is 12.3. The van der Waals surface area contributed by atoms with Gasteiger partial charge in [0, 0.05) is 4.90 Å². The number of hydrogen-bond acceptors (Lipinski definition) is 4. The zero-order valence-electron chi connectivity index (χ0n) is 11.4. The molecule has 0 saturated heterocycles. The number of nitrogens with one attached hydrogen (secondary N) is 1. The van der Waals surface area contributed by atoms with E-state index in [-0.39, 0.29) is 0 Å². The van der Waals surface area contributed by atoms with Gasteiger partial charge in [-0.3, -0.25) is 0 Å². The zero-order chi connectivity index (χ0) is 15.2. The maximum atomic E-state index is 11.5. The first-order chi connectivity index (χ1) is 10.2. The SMILES string of the molecule is CSc1cccc(NC(C(=O)O)c2ccccc2)c1C#N. The zero-order valence-corrected chi connectivity index (χ0v) is 12.2. The summed E-state index contributed by atoms with van der Waals surface area (Å²) in [5, 5.41) is 21.7. The van der Waals surface area contributed by atoms with E-state index in [4.69, 9.17) is 0 Å². The maximum absolute atomic E-state index is 11.5. The molecule has 1 atom stereocenters. The average Bonchev–Trinajstić information content (AvgIpc) is 2.52. The number of hydrogen-bond donors (Lipinski definition) is 2. The molecule has 0 fully saturated rings. The van der Waals surface area contributed by atoms with Gasteiger partial charge in [-0.05, 0) is 24.0 Å². The Morgan fingerprint density at radius 1 is 1.24 bits per heavy atom. The van der Waals surface area contributed by atoms with Crippen LogP contribution in [0.3, 0.4) is 0 Å². The lowest BCUT2D eigenvalue weighted by Crippen LogP contribution is -2.21. The van der Waals surface area contributed by atoms with Crippen LogP contribution in [0.2, 0.25) is 0 Å². The molecule has 0 amide bonds. The predicted molar refractivity (Wildman–Crippen MR) is 83.4 cm³/mol. The summed E-state index contributed by atoms with van der Waals surface area (Å²) < 4.78 is 0. The molecule has 5 heteroatoms. The average molecular weight is 298 g/mol. The van der Waals surface area contributed by atoms with Crippen molar-refractivity contribution in [1.29, 1.82) is 5.26 Å². The van der Waals surface area contributed by atoms with Crippen LogP contribution < -0.4 is 5.32 Å². The number of thioether (sulfide) groups is 1. The van der Waals surface area contributed by atoms with Gasteiger partial charge in [0.05, 0.1) is 11.3 Å². The minimum Gasteiger partial charge on any atom is -0.479 e. The van der Waals surface area contributed by atoms with Gasteiger partial charge in [0.1, 0.15) is 6.07 Å². The molecular weight excluding hydrogens is 284 g/mol. The van der Waals surface area contributed by atoms with Crippen LogP contribution in [0, 0.1) is 11.3 Å². The quantitative estimate of drug-likeness (QED) is 0.826. The Morgan fingerprint density at radius 2 is 1.95 bits per heavy atom. The fraction of sp³-hybridized carbons (Fsp3) is 0.125. The first kappa shape index (κ1) is 14.9. The molecular formula is C16H14N2O2S. The lowest BCUT2D eigenvalue weighted by Gasteiger charge is -2.18. The first-order valence-electron chi connectivity index (χ1n) is 6.28. The molecule has 0 spiro atoms. The van der Waals surface area contributed by atoms with Crippen molar-refractivity contribution >= 4 is 23.4 Å². The number of benzene rings is 2. The van der Waals surface area contributed by atoms with E-state index in [1.807, 2.05) is 18.4 Å². The second kappa shape index (κ2) is 6.82. The Hall–Kier alpha value is -2.45. The van der Waals surface area contributed by atoms with Crippen molar-refractivity contribution in [3.05, 3.63) is 59.7 Å². The van der Waals surface area contributed by atoms with Gasteiger partial charge in [-0.25, -0.2) is 4.79 Å². The molecule has 0 aliphatic heterocycles. The third-order valence-electron chi connectivity index (χ3n) is 3.04. The molecule has 2 aromatic carbocycles. The maximum Gasteiger partial charge on any atom is 0.330 e. The smallest absolute Gasteiger partial charge is 0.330 e. The van der Waals surface area contributed by atoms with Crippen LogP contribution in [-0.4, -0.2) is 17.3 Å². The highest BCUT2D eigenvalue weighted by Crippen LogP contribution is 2.29. The fourth-order valence-electron chi connectivity index (χ4n) is 2.03. The molecule has 106 valence electrons. The van der Waals surface area contributed by atoms with Crippen molar-refractivity contribution in [2.45, 2.75) is 10.9 Å². The van der Waals surface area contributed by atoms with Crippen LogP contribution in [-0.2, 0) is 4.79 Å². The van der Waals surface area contributed by atoms with Crippen molar-refractivity contribution in [2.24, 2.45) is 0 Å². The summed E-state index contributed by atoms with van der Waals surface area (Å²) in [7, 11) is 0. The number of carboxylic acids is 1. The Balaban J connectivity index is 2.39. The Bertz CT molecular complexity index is 680. The predicted octanol–water partition coefficient (Wildman–Crippen LogP) is 3.52. The standard InChI is InChI=1S/C16H14N2O2S/c1-21-14-9-5-8-13(12(14)10-17)18-15(16(19)20)11-6-3-2-4-7-11/h2-9,15,18H,1H3,(H,19,20). The van der Waals surface area contributed by atoms with E-state index in [9.17, 15) is 15.2 Å². The van der Waals surface area contributed by atoms with Gasteiger partial charge >= 0.3 is 5.97 Å². The minimum absolute atomic E-state index is 0.465. The molecule has 0 heterocycles. The van der Waals surface area contributed by atoms with Crippen molar-refractivity contribution in [1.82, 2.24) is 0 Å². The number of carbonyl (C=O) groups is 1. The highest BCUT2D eigenvalue weighted by Gasteiger charge is 2.21. The molecule has 0 saturated carbocycles. The fourth-order valence-corrected chi connectivity index (χ4v) is 2.60. The summed E-state index contributed by atoms with van der Waals surface area (Å²) in [6, 6.07) is 15.5. The Kier molecular flexibility index (Phi) is 4.85. The van der Waals surface area contributed by atoms with Gasteiger partial charge in [-0.15, -0.1) is 11.8 Å². The van der Waals surface area contributed by atoms with E-state index in [0.717, 1.165) is 4.90 Å². The van der Waals surface area contributed by atoms with Crippen molar-refractivity contribution in [2.75, 3.05) is 11.6 Å². The summed E-state index contributed by atoms with van der Waals surface area (Å²) in [6.07, 6.45) is 1.88. The molecule has 2 N–H and O–H groups in total. The van der Waals surface area contributed by atoms with Crippen LogP contribution in [0.15, 0.2) is 53.4 Å². The van der Waals surface area contributed by atoms with Gasteiger partial charge < -0.3 is 10.4 Å². The van der Waals surface area contributed by atoms with Crippen molar-refractivity contribution in [3.8, 4) is 6.07 Å². The van der Waals surface area contributed by atoms with Crippen molar-refractivity contribution in [3.63, 3.8) is 0 Å². The van der Waals surface area contributed by atoms with Crippen molar-refractivity contribution < 1.29 is 9.90 Å². The highest BCUT2D eigenvalue weighted by molar-refractivity contribution is 7.98. The number of aliphatic carboxylic acids is 1. The number of nitrogens with zero attached hydrogens (tertiary/aromatic N) is 1. The Labute approximate surface area is 127 Å². The number of rotatable bonds is 5. The second-order valence-electron chi connectivity index (χ2n) is 4.32. The second-order valence-corrected chi connectivity index (χ2v) is 5.17. The molecule has 0 aliphatic rings. The third-order valence-corrected chi connectivity index (χ3v) is 3.82. The first-order valence-corrected chi connectivity index (χ1v) is 7.51. The molecule has 4 nitrogen and oxygen atoms in total. The van der Waals surface area contributed by atoms with Gasteiger partial charge in [0.25, 0.3) is 0 Å². The number of anilines is 1. The molecule has 2 aromatic rings. The lowest BCUT2D eigenvalue weighted by molar-refractivity contribution is -0.138. The number of nitriles is 1. The van der Waals surface area contributed by atoms with Crippen LogP contribution >= 0.6 is 11.8 Å². The largest absolute Gasteiger partial charge is 0.479 e. The summed E-state index contributed by atoms with van der Waals surface area (Å²) >= 11 is 1.46. The minimum atomic E-state index is -0.986. The van der Waals surface area contributed by atoms with E-state index in [0.29, 0.717) is 16.8 Å². The topological polar surface area (TPSA) is 73.1 Å². The van der Waals surface area contributed by atoms with E-state index >= 15 is 0 Å². The Morgan fingerprint density at radius 3 is 2.52 bits per heavy atom. The van der Waals surface area contributed by atoms with Gasteiger partial charge in [-0.2, -0.15) is 5.26 Å². The monoisotopic (exact) mass is 298 g/mol. The molecule has 0 aliphatic carbocycles. The summed E-state index contributed by atoms with van der Waals surface area (Å²) in [6.45, 7) is 0. The van der Waals surface area contributed by atoms with Crippen LogP contribution in [0.5, 0.6) is 0 Å². The van der Waals surface area contributed by atoms with E-state index in [1.54, 1.807) is 36.4 Å². The van der Waals surface area contributed by atoms with E-state index in [1.165, 1.54) is 11.8 Å². The molecule has 1 unspecified atom stereocenters. The number of carboxylic acid groups (broad SMARTS) is 1. The summed E-state index contributed by atoms with van der Waals surface area (Å²) in [5.41, 5.74) is 1.64. The summed E-state index contributed by atoms with van der Waals surface area (Å²) in [5.74, 6) is -0.986.